The van der Waals surface area contributed by atoms with Gasteiger partial charge in [-0.05, 0) is 13.2 Å². The molecule has 1 N–H and O–H groups in total. The summed E-state index contributed by atoms with van der Waals surface area (Å²) in [5, 5.41) is 6.06. The number of anilines is 2. The van der Waals surface area contributed by atoms with Crippen LogP contribution in [0.25, 0.3) is 0 Å². The second-order valence-electron chi connectivity index (χ2n) is 3.96. The molecule has 0 aliphatic heterocycles. The van der Waals surface area contributed by atoms with Crippen molar-refractivity contribution < 1.29 is 0 Å². The van der Waals surface area contributed by atoms with E-state index < -0.39 is 0 Å². The van der Waals surface area contributed by atoms with Crippen molar-refractivity contribution in [1.29, 1.82) is 0 Å². The second kappa shape index (κ2) is 6.72. The van der Waals surface area contributed by atoms with Crippen LogP contribution in [0, 0.1) is 0 Å². The zero-order chi connectivity index (χ0) is 13.7. The molecule has 2 aromatic rings. The minimum Gasteiger partial charge on any atom is -0.370 e. The van der Waals surface area contributed by atoms with Gasteiger partial charge in [-0.15, -0.1) is 11.3 Å². The van der Waals surface area contributed by atoms with Gasteiger partial charge in [0.15, 0.2) is 5.16 Å². The third-order valence-electron chi connectivity index (χ3n) is 2.51. The second-order valence-corrected chi connectivity index (χ2v) is 5.46. The van der Waals surface area contributed by atoms with Gasteiger partial charge in [-0.3, -0.25) is 0 Å². The molecule has 0 unspecified atom stereocenters. The Hall–Kier alpha value is -1.34. The first-order chi connectivity index (χ1) is 9.22. The molecule has 5 nitrogen and oxygen atoms in total. The maximum absolute atomic E-state index is 4.53. The van der Waals surface area contributed by atoms with Gasteiger partial charge in [0.2, 0.25) is 0 Å². The molecule has 0 saturated heterocycles. The lowest BCUT2D eigenvalue weighted by atomic mass is 10.4. The molecule has 102 valence electrons. The number of nitrogens with zero attached hydrogens (tertiary/aromatic N) is 4. The van der Waals surface area contributed by atoms with Crippen LogP contribution in [0.1, 0.15) is 12.6 Å². The fourth-order valence-corrected chi connectivity index (χ4v) is 2.54. The van der Waals surface area contributed by atoms with Crippen molar-refractivity contribution >= 4 is 34.7 Å². The van der Waals surface area contributed by atoms with Gasteiger partial charge in [-0.2, -0.15) is 0 Å². The van der Waals surface area contributed by atoms with Gasteiger partial charge in [0.05, 0.1) is 17.7 Å². The number of hydrogen-bond donors (Lipinski definition) is 1. The van der Waals surface area contributed by atoms with E-state index >= 15 is 0 Å². The van der Waals surface area contributed by atoms with Gasteiger partial charge in [0, 0.05) is 25.0 Å². The normalized spacial score (nSPS) is 10.5. The smallest absolute Gasteiger partial charge is 0.191 e. The van der Waals surface area contributed by atoms with Crippen LogP contribution in [0.5, 0.6) is 0 Å². The van der Waals surface area contributed by atoms with Gasteiger partial charge < -0.3 is 10.2 Å². The van der Waals surface area contributed by atoms with Gasteiger partial charge in [0.1, 0.15) is 11.6 Å². The first-order valence-electron chi connectivity index (χ1n) is 5.98. The van der Waals surface area contributed by atoms with Gasteiger partial charge in [-0.25, -0.2) is 15.0 Å². The summed E-state index contributed by atoms with van der Waals surface area (Å²) in [6.07, 6.45) is 1.98. The van der Waals surface area contributed by atoms with Crippen LogP contribution in [-0.2, 0) is 6.54 Å². The predicted molar refractivity (Wildman–Crippen MR) is 82.2 cm³/mol. The highest BCUT2D eigenvalue weighted by atomic mass is 32.2. The van der Waals surface area contributed by atoms with E-state index in [0.717, 1.165) is 35.6 Å². The Labute approximate surface area is 121 Å². The van der Waals surface area contributed by atoms with Crippen LogP contribution in [0.2, 0.25) is 0 Å². The minimum absolute atomic E-state index is 0.750. The number of thioether (sulfide) groups is 1. The quantitative estimate of drug-likeness (QED) is 0.653. The van der Waals surface area contributed by atoms with Crippen molar-refractivity contribution in [3.05, 3.63) is 22.7 Å². The van der Waals surface area contributed by atoms with Gasteiger partial charge in [-0.1, -0.05) is 11.8 Å². The zero-order valence-corrected chi connectivity index (χ0v) is 12.9. The number of nitrogens with one attached hydrogen (secondary N) is 1. The molecule has 2 rings (SSSR count). The largest absolute Gasteiger partial charge is 0.370 e. The average Bonchev–Trinajstić information content (AvgIpc) is 2.91. The maximum Gasteiger partial charge on any atom is 0.191 e. The van der Waals surface area contributed by atoms with E-state index in [1.54, 1.807) is 23.1 Å². The summed E-state index contributed by atoms with van der Waals surface area (Å²) in [6, 6.07) is 1.97. The molecule has 0 radical (unpaired) electrons. The molecule has 7 heteroatoms. The van der Waals surface area contributed by atoms with Crippen LogP contribution in [-0.4, -0.2) is 34.8 Å². The Morgan fingerprint density at radius 1 is 1.42 bits per heavy atom. The third kappa shape index (κ3) is 3.81. The topological polar surface area (TPSA) is 53.9 Å². The highest BCUT2D eigenvalue weighted by Crippen LogP contribution is 2.20. The molecule has 0 aliphatic rings. The van der Waals surface area contributed by atoms with Crippen LogP contribution in [0.3, 0.4) is 0 Å². The van der Waals surface area contributed by atoms with E-state index in [-0.39, 0.29) is 0 Å². The summed E-state index contributed by atoms with van der Waals surface area (Å²) in [5.41, 5.74) is 2.90. The molecule has 0 aliphatic carbocycles. The van der Waals surface area contributed by atoms with Crippen LogP contribution in [0.4, 0.5) is 11.6 Å². The molecule has 0 spiro atoms. The predicted octanol–water partition coefficient (Wildman–Crippen LogP) is 2.72. The Bertz CT molecular complexity index is 515. The van der Waals surface area contributed by atoms with E-state index in [9.17, 15) is 0 Å². The van der Waals surface area contributed by atoms with Gasteiger partial charge in [0.25, 0.3) is 0 Å². The maximum atomic E-state index is 4.53. The van der Waals surface area contributed by atoms with E-state index in [0.29, 0.717) is 0 Å². The van der Waals surface area contributed by atoms with Gasteiger partial charge >= 0.3 is 0 Å². The molecular formula is C12H17N5S2. The van der Waals surface area contributed by atoms with E-state index in [2.05, 4.69) is 37.5 Å². The molecule has 0 aromatic carbocycles. The Morgan fingerprint density at radius 2 is 2.26 bits per heavy atom. The fraction of sp³-hybridized carbons (Fsp3) is 0.417. The highest BCUT2D eigenvalue weighted by Gasteiger charge is 2.09. The molecule has 0 saturated carbocycles. The number of rotatable bonds is 6. The van der Waals surface area contributed by atoms with Crippen LogP contribution in [0.15, 0.2) is 22.1 Å². The molecular weight excluding hydrogens is 278 g/mol. The van der Waals surface area contributed by atoms with Crippen molar-refractivity contribution in [2.45, 2.75) is 18.6 Å². The minimum atomic E-state index is 0.750. The summed E-state index contributed by atoms with van der Waals surface area (Å²) in [5.74, 6) is 1.77. The number of hydrogen-bond acceptors (Lipinski definition) is 7. The Kier molecular flexibility index (Phi) is 4.98. The van der Waals surface area contributed by atoms with Crippen molar-refractivity contribution in [3.63, 3.8) is 0 Å². The lowest BCUT2D eigenvalue weighted by Crippen LogP contribution is -2.19. The monoisotopic (exact) mass is 295 g/mol. The van der Waals surface area contributed by atoms with Crippen molar-refractivity contribution in [2.24, 2.45) is 0 Å². The fourth-order valence-electron chi connectivity index (χ4n) is 1.61. The summed E-state index contributed by atoms with van der Waals surface area (Å²) >= 11 is 3.15. The summed E-state index contributed by atoms with van der Waals surface area (Å²) in [6.45, 7) is 3.65. The first kappa shape index (κ1) is 14.1. The van der Waals surface area contributed by atoms with E-state index in [1.165, 1.54) is 0 Å². The molecule has 19 heavy (non-hydrogen) atoms. The SMILES string of the molecule is CCNc1cc(N(C)Cc2cscn2)nc(SC)n1. The van der Waals surface area contributed by atoms with Crippen molar-refractivity contribution in [3.8, 4) is 0 Å². The van der Waals surface area contributed by atoms with Crippen LogP contribution >= 0.6 is 23.1 Å². The Morgan fingerprint density at radius 3 is 2.89 bits per heavy atom. The van der Waals surface area contributed by atoms with Crippen molar-refractivity contribution in [2.75, 3.05) is 30.1 Å². The first-order valence-corrected chi connectivity index (χ1v) is 8.14. The zero-order valence-electron chi connectivity index (χ0n) is 11.3. The molecule has 0 bridgehead atoms. The van der Waals surface area contributed by atoms with E-state index in [4.69, 9.17) is 0 Å². The van der Waals surface area contributed by atoms with E-state index in [1.807, 2.05) is 24.9 Å². The van der Waals surface area contributed by atoms with Crippen LogP contribution < -0.4 is 10.2 Å². The number of aromatic nitrogens is 3. The number of thiazole rings is 1. The third-order valence-corrected chi connectivity index (χ3v) is 3.69. The molecule has 2 aromatic heterocycles. The lowest BCUT2D eigenvalue weighted by Gasteiger charge is -2.18. The molecule has 2 heterocycles. The van der Waals surface area contributed by atoms with Crippen molar-refractivity contribution in [1.82, 2.24) is 15.0 Å². The lowest BCUT2D eigenvalue weighted by molar-refractivity contribution is 0.842. The summed E-state index contributed by atoms with van der Waals surface area (Å²) < 4.78 is 0. The average molecular weight is 295 g/mol. The highest BCUT2D eigenvalue weighted by molar-refractivity contribution is 7.98. The molecule has 0 amide bonds. The molecule has 0 atom stereocenters. The summed E-state index contributed by atoms with van der Waals surface area (Å²) in [7, 11) is 2.02. The Balaban J connectivity index is 2.19. The standard InChI is InChI=1S/C12H17N5S2/c1-4-13-10-5-11(16-12(15-10)18-3)17(2)6-9-7-19-8-14-9/h5,7-8H,4,6H2,1-3H3,(H,13,15,16). The summed E-state index contributed by atoms with van der Waals surface area (Å²) in [4.78, 5) is 15.3. The molecule has 0 fully saturated rings.